The van der Waals surface area contributed by atoms with Crippen LogP contribution < -0.4 is 10.1 Å². The van der Waals surface area contributed by atoms with Gasteiger partial charge in [0.1, 0.15) is 5.75 Å². The van der Waals surface area contributed by atoms with Gasteiger partial charge in [0.15, 0.2) is 0 Å². The number of hydrogen-bond donors (Lipinski definition) is 1. The van der Waals surface area contributed by atoms with Gasteiger partial charge in [0.05, 0.1) is 18.0 Å². The fraction of sp³-hybridized carbons (Fsp3) is 0.304. The summed E-state index contributed by atoms with van der Waals surface area (Å²) in [5.74, 6) is 2.05. The molecule has 4 atom stereocenters. The Labute approximate surface area is 168 Å². The number of aromatic nitrogens is 1. The minimum Gasteiger partial charge on any atom is -0.490 e. The molecule has 0 spiro atoms. The lowest BCUT2D eigenvalue weighted by Gasteiger charge is -2.18. The number of para-hydroxylation sites is 1. The monoisotopic (exact) mass is 392 g/mol. The van der Waals surface area contributed by atoms with Crippen LogP contribution in [0.25, 0.3) is 10.9 Å². The van der Waals surface area contributed by atoms with Crippen LogP contribution in [0.1, 0.15) is 18.4 Å². The van der Waals surface area contributed by atoms with E-state index in [4.69, 9.17) is 16.3 Å². The zero-order chi connectivity index (χ0) is 19.1. The molecule has 5 rings (SSSR count). The molecular weight excluding hydrogens is 372 g/mol. The predicted molar refractivity (Wildman–Crippen MR) is 109 cm³/mol. The van der Waals surface area contributed by atoms with Crippen LogP contribution in [0.4, 0.5) is 0 Å². The Morgan fingerprint density at radius 3 is 2.61 bits per heavy atom. The third-order valence-corrected chi connectivity index (χ3v) is 6.16. The second-order valence-corrected chi connectivity index (χ2v) is 8.20. The topological polar surface area (TPSA) is 51.2 Å². The SMILES string of the molecule is O=C(Cc1ccc(Cl)cc1)NC1[C@H]2CC(Oc3ccnc4ccccc34)C[C@@H]12. The molecule has 2 saturated carbocycles. The van der Waals surface area contributed by atoms with Crippen molar-refractivity contribution in [3.05, 3.63) is 71.4 Å². The Kier molecular flexibility index (Phi) is 4.44. The Bertz CT molecular complexity index is 1000. The smallest absolute Gasteiger partial charge is 0.224 e. The molecule has 5 heteroatoms. The molecule has 1 N–H and O–H groups in total. The van der Waals surface area contributed by atoms with Gasteiger partial charge in [-0.2, -0.15) is 0 Å². The standard InChI is InChI=1S/C23H21ClN2O2/c24-15-7-5-14(6-8-15)11-22(27)26-23-18-12-16(13-19(18)23)28-21-9-10-25-20-4-2-1-3-17(20)21/h1-10,16,18-19,23H,11-13H2,(H,26,27)/t16?,18-,19+,23?. The van der Waals surface area contributed by atoms with E-state index in [2.05, 4.69) is 10.3 Å². The normalized spacial score (nSPS) is 25.3. The summed E-state index contributed by atoms with van der Waals surface area (Å²) in [7, 11) is 0. The van der Waals surface area contributed by atoms with E-state index < -0.39 is 0 Å². The molecule has 0 radical (unpaired) electrons. The third kappa shape index (κ3) is 3.45. The van der Waals surface area contributed by atoms with E-state index in [9.17, 15) is 4.79 Å². The Balaban J connectivity index is 1.15. The molecule has 2 fully saturated rings. The molecule has 1 amide bonds. The first-order valence-corrected chi connectivity index (χ1v) is 10.1. The molecule has 1 heterocycles. The summed E-state index contributed by atoms with van der Waals surface area (Å²) in [6.45, 7) is 0. The van der Waals surface area contributed by atoms with Crippen LogP contribution in [0.5, 0.6) is 5.75 Å². The Hall–Kier alpha value is -2.59. The van der Waals surface area contributed by atoms with Crippen LogP contribution in [0.15, 0.2) is 60.8 Å². The number of benzene rings is 2. The first kappa shape index (κ1) is 17.5. The summed E-state index contributed by atoms with van der Waals surface area (Å²) >= 11 is 5.90. The summed E-state index contributed by atoms with van der Waals surface area (Å²) < 4.78 is 6.28. The van der Waals surface area contributed by atoms with Crippen LogP contribution in [0.3, 0.4) is 0 Å². The average molecular weight is 393 g/mol. The molecule has 28 heavy (non-hydrogen) atoms. The molecule has 2 unspecified atom stereocenters. The number of carbonyl (C=O) groups is 1. The van der Waals surface area contributed by atoms with Crippen LogP contribution >= 0.6 is 11.6 Å². The maximum atomic E-state index is 12.3. The molecule has 1 aromatic heterocycles. The van der Waals surface area contributed by atoms with Crippen LogP contribution in [-0.2, 0) is 11.2 Å². The molecule has 142 valence electrons. The van der Waals surface area contributed by atoms with Crippen molar-refractivity contribution in [2.75, 3.05) is 0 Å². The van der Waals surface area contributed by atoms with Crippen molar-refractivity contribution in [1.29, 1.82) is 0 Å². The lowest BCUT2D eigenvalue weighted by Crippen LogP contribution is -2.32. The molecule has 0 saturated heterocycles. The number of fused-ring (bicyclic) bond motifs is 2. The minimum absolute atomic E-state index is 0.0827. The van der Waals surface area contributed by atoms with E-state index >= 15 is 0 Å². The third-order valence-electron chi connectivity index (χ3n) is 5.91. The van der Waals surface area contributed by atoms with E-state index in [0.29, 0.717) is 29.3 Å². The maximum Gasteiger partial charge on any atom is 0.224 e. The summed E-state index contributed by atoms with van der Waals surface area (Å²) in [5, 5.41) is 4.94. The number of nitrogens with zero attached hydrogens (tertiary/aromatic N) is 1. The lowest BCUT2D eigenvalue weighted by atomic mass is 10.1. The van der Waals surface area contributed by atoms with Crippen molar-refractivity contribution in [1.82, 2.24) is 10.3 Å². The van der Waals surface area contributed by atoms with Gasteiger partial charge in [-0.1, -0.05) is 35.9 Å². The van der Waals surface area contributed by atoms with Crippen LogP contribution in [-0.4, -0.2) is 23.0 Å². The summed E-state index contributed by atoms with van der Waals surface area (Å²) in [4.78, 5) is 16.7. The van der Waals surface area contributed by atoms with Crippen molar-refractivity contribution in [2.45, 2.75) is 31.4 Å². The number of rotatable bonds is 5. The van der Waals surface area contributed by atoms with Crippen LogP contribution in [0.2, 0.25) is 5.02 Å². The number of ether oxygens (including phenoxy) is 1. The van der Waals surface area contributed by atoms with Crippen LogP contribution in [0, 0.1) is 11.8 Å². The van der Waals surface area contributed by atoms with Gasteiger partial charge in [-0.15, -0.1) is 0 Å². The van der Waals surface area contributed by atoms with E-state index in [1.54, 1.807) is 6.20 Å². The molecule has 2 aliphatic rings. The summed E-state index contributed by atoms with van der Waals surface area (Å²) in [6, 6.07) is 17.7. The zero-order valence-electron chi connectivity index (χ0n) is 15.3. The molecule has 2 aromatic carbocycles. The zero-order valence-corrected chi connectivity index (χ0v) is 16.1. The highest BCUT2D eigenvalue weighted by Crippen LogP contribution is 2.53. The lowest BCUT2D eigenvalue weighted by molar-refractivity contribution is -0.120. The fourth-order valence-corrected chi connectivity index (χ4v) is 4.60. The van der Waals surface area contributed by atoms with Gasteiger partial charge in [0.2, 0.25) is 5.91 Å². The second-order valence-electron chi connectivity index (χ2n) is 7.76. The van der Waals surface area contributed by atoms with Crippen molar-refractivity contribution >= 4 is 28.4 Å². The quantitative estimate of drug-likeness (QED) is 0.700. The van der Waals surface area contributed by atoms with E-state index in [-0.39, 0.29) is 12.0 Å². The van der Waals surface area contributed by atoms with Crippen molar-refractivity contribution < 1.29 is 9.53 Å². The Morgan fingerprint density at radius 1 is 1.07 bits per heavy atom. The molecule has 0 aliphatic heterocycles. The Morgan fingerprint density at radius 2 is 1.82 bits per heavy atom. The largest absolute Gasteiger partial charge is 0.490 e. The first-order valence-electron chi connectivity index (χ1n) is 9.71. The molecule has 0 bridgehead atoms. The second kappa shape index (κ2) is 7.10. The van der Waals surface area contributed by atoms with Crippen molar-refractivity contribution in [2.24, 2.45) is 11.8 Å². The van der Waals surface area contributed by atoms with Gasteiger partial charge in [-0.05, 0) is 60.6 Å². The molecule has 2 aliphatic carbocycles. The molecule has 4 nitrogen and oxygen atoms in total. The van der Waals surface area contributed by atoms with Gasteiger partial charge in [0.25, 0.3) is 0 Å². The fourth-order valence-electron chi connectivity index (χ4n) is 4.48. The highest BCUT2D eigenvalue weighted by molar-refractivity contribution is 6.30. The maximum absolute atomic E-state index is 12.3. The van der Waals surface area contributed by atoms with Gasteiger partial charge in [-0.25, -0.2) is 0 Å². The van der Waals surface area contributed by atoms with Crippen molar-refractivity contribution in [3.63, 3.8) is 0 Å². The average Bonchev–Trinajstić information content (AvgIpc) is 3.13. The highest BCUT2D eigenvalue weighted by Gasteiger charge is 2.57. The minimum atomic E-state index is 0.0827. The highest BCUT2D eigenvalue weighted by atomic mass is 35.5. The van der Waals surface area contributed by atoms with Crippen molar-refractivity contribution in [3.8, 4) is 5.75 Å². The van der Waals surface area contributed by atoms with E-state index in [1.807, 2.05) is 54.6 Å². The number of pyridine rings is 1. The van der Waals surface area contributed by atoms with Gasteiger partial charge >= 0.3 is 0 Å². The summed E-state index contributed by atoms with van der Waals surface area (Å²) in [6.07, 6.45) is 4.40. The van der Waals surface area contributed by atoms with Gasteiger partial charge < -0.3 is 10.1 Å². The van der Waals surface area contributed by atoms with E-state index in [0.717, 1.165) is 35.1 Å². The van der Waals surface area contributed by atoms with Gasteiger partial charge in [0, 0.05) is 22.6 Å². The molecule has 3 aromatic rings. The number of halogens is 1. The number of carbonyl (C=O) groups excluding carboxylic acids is 1. The number of hydrogen-bond acceptors (Lipinski definition) is 3. The number of amides is 1. The predicted octanol–water partition coefficient (Wildman–Crippen LogP) is 4.40. The van der Waals surface area contributed by atoms with Gasteiger partial charge in [-0.3, -0.25) is 9.78 Å². The summed E-state index contributed by atoms with van der Waals surface area (Å²) in [5.41, 5.74) is 1.94. The first-order chi connectivity index (χ1) is 13.7. The molecular formula is C23H21ClN2O2. The number of nitrogens with one attached hydrogen (secondary N) is 1. The van der Waals surface area contributed by atoms with E-state index in [1.165, 1.54) is 0 Å².